The number of hydrogen-bond acceptors (Lipinski definition) is 4. The molecule has 6 aliphatic heterocycles. The molecule has 8 heterocycles. The van der Waals surface area contributed by atoms with E-state index < -0.39 is 47.1 Å². The molecule has 10 atom stereocenters. The molecule has 0 aliphatic carbocycles. The Morgan fingerprint density at radius 2 is 0.927 bits per heavy atom. The molecule has 0 radical (unpaired) electrons. The number of halogens is 6. The van der Waals surface area contributed by atoms with Crippen molar-refractivity contribution in [3.8, 4) is 34.8 Å². The Morgan fingerprint density at radius 3 is 1.34 bits per heavy atom. The van der Waals surface area contributed by atoms with Crippen LogP contribution in [0.1, 0.15) is 71.3 Å². The number of benzene rings is 6. The lowest BCUT2D eigenvalue weighted by atomic mass is 9.71. The molecule has 6 aromatic carbocycles. The Kier molecular flexibility index (Phi) is 15.5. The Balaban J connectivity index is 0.777. The highest BCUT2D eigenvalue weighted by Crippen LogP contribution is 2.51. The van der Waals surface area contributed by atoms with Crippen molar-refractivity contribution in [2.24, 2.45) is 23.7 Å². The summed E-state index contributed by atoms with van der Waals surface area (Å²) in [5.41, 5.74) is 7.61. The monoisotopic (exact) mass is 1100 g/mol. The Bertz CT molecular complexity index is 3590. The van der Waals surface area contributed by atoms with E-state index in [4.69, 9.17) is 9.47 Å². The topological polar surface area (TPSA) is 44.2 Å². The van der Waals surface area contributed by atoms with Crippen LogP contribution in [0.3, 0.4) is 0 Å². The van der Waals surface area contributed by atoms with Crippen molar-refractivity contribution in [2.75, 3.05) is 39.4 Å². The van der Waals surface area contributed by atoms with Gasteiger partial charge in [0.2, 0.25) is 0 Å². The standard InChI is InChI=1S/C70H62F6N4O2/c1-3-37-81-69(57-29-33-77-61-11-7-5-9-55(57)61)63-39-49-31-35-79(63,43-53-25-27-59(71)67(75)65(53)73)41-51(49)23-17-45-13-19-47(20-14-45)48-21-15-46(16-22-48)18-24-52-42-80(44-54-26-28-60(72)68(76)66(54)74)36-32-50(52)40-64(80)70(82-38-4-2)58-30-34-78-62-12-8-6-10-56(58)62/h3-16,19-22,25-30,33-34,49-52,63-64,69-70H,1-2,31-32,35-44H2/q+2/t49-,50-,51-,52-,63-,64-,69+,70+,79-,80-/m0/s1. The van der Waals surface area contributed by atoms with Crippen LogP contribution in [0.5, 0.6) is 0 Å². The summed E-state index contributed by atoms with van der Waals surface area (Å²) in [7, 11) is 0. The highest BCUT2D eigenvalue weighted by molar-refractivity contribution is 5.83. The van der Waals surface area contributed by atoms with Gasteiger partial charge in [0.05, 0.1) is 62.3 Å². The second kappa shape index (κ2) is 23.2. The van der Waals surface area contributed by atoms with E-state index in [1.54, 1.807) is 24.5 Å². The number of piperidine rings is 6. The third-order valence-corrected chi connectivity index (χ3v) is 18.2. The maximum atomic E-state index is 15.7. The second-order valence-corrected chi connectivity index (χ2v) is 22.8. The van der Waals surface area contributed by atoms with Crippen LogP contribution in [-0.2, 0) is 22.6 Å². The molecule has 82 heavy (non-hydrogen) atoms. The third kappa shape index (κ3) is 10.5. The Morgan fingerprint density at radius 1 is 0.512 bits per heavy atom. The predicted molar refractivity (Wildman–Crippen MR) is 307 cm³/mol. The van der Waals surface area contributed by atoms with Crippen molar-refractivity contribution >= 4 is 21.8 Å². The Labute approximate surface area is 474 Å². The summed E-state index contributed by atoms with van der Waals surface area (Å²) in [4.78, 5) is 9.22. The average Bonchev–Trinajstić information content (AvgIpc) is 3.66. The van der Waals surface area contributed by atoms with Crippen LogP contribution >= 0.6 is 0 Å². The van der Waals surface area contributed by atoms with Crippen LogP contribution in [0, 0.1) is 82.3 Å². The zero-order chi connectivity index (χ0) is 56.5. The minimum atomic E-state index is -1.47. The maximum Gasteiger partial charge on any atom is 0.194 e. The summed E-state index contributed by atoms with van der Waals surface area (Å²) in [6, 6.07) is 40.6. The molecule has 6 saturated heterocycles. The van der Waals surface area contributed by atoms with E-state index >= 15 is 8.78 Å². The van der Waals surface area contributed by atoms with Gasteiger partial charge in [-0.3, -0.25) is 9.97 Å². The average molecular weight is 1110 g/mol. The van der Waals surface area contributed by atoms with Gasteiger partial charge in [0.15, 0.2) is 34.9 Å². The van der Waals surface area contributed by atoms with Crippen LogP contribution < -0.4 is 0 Å². The normalized spacial score (nSPS) is 24.3. The number of ether oxygens (including phenoxy) is 2. The lowest BCUT2D eigenvalue weighted by Crippen LogP contribution is -2.68. The van der Waals surface area contributed by atoms with Gasteiger partial charge in [-0.15, -0.1) is 13.2 Å². The largest absolute Gasteiger partial charge is 0.363 e. The fraction of sp³-hybridized carbons (Fsp3) is 0.286. The van der Waals surface area contributed by atoms with E-state index in [-0.39, 0.29) is 60.0 Å². The van der Waals surface area contributed by atoms with Gasteiger partial charge in [-0.05, 0) is 107 Å². The molecule has 0 amide bonds. The SMILES string of the molecule is C=CCO[C@H](c1ccnc2ccccc12)[C@@H]1C[C@@H]2CC[N@@+]1(Cc1ccc(F)c(F)c1F)C[C@@H]2C#Cc1ccc(-c2ccc(C#C[C@H]3C[N@+]4(Cc5ccc(F)c(F)c5F)CC[C@H]3C[C@H]4[C@H](OCC=C)c3ccnc4ccccc34)cc2)cc1. The molecule has 0 N–H and O–H groups in total. The number of quaternary nitrogens is 2. The molecule has 8 aromatic rings. The van der Waals surface area contributed by atoms with Crippen molar-refractivity contribution in [3.63, 3.8) is 0 Å². The van der Waals surface area contributed by atoms with E-state index in [0.29, 0.717) is 48.4 Å². The summed E-state index contributed by atoms with van der Waals surface area (Å²) in [6.07, 6.45) is 9.35. The minimum Gasteiger partial charge on any atom is -0.363 e. The van der Waals surface area contributed by atoms with Gasteiger partial charge in [0.25, 0.3) is 0 Å². The first-order valence-electron chi connectivity index (χ1n) is 28.3. The fourth-order valence-corrected chi connectivity index (χ4v) is 14.2. The van der Waals surface area contributed by atoms with E-state index in [1.165, 1.54) is 12.1 Å². The second-order valence-electron chi connectivity index (χ2n) is 22.8. The quantitative estimate of drug-likeness (QED) is 0.0337. The summed E-state index contributed by atoms with van der Waals surface area (Å²) >= 11 is 0. The van der Waals surface area contributed by atoms with Crippen LogP contribution in [0.4, 0.5) is 26.3 Å². The molecular formula is C70H62F6N4O2+2. The molecule has 0 unspecified atom stereocenters. The third-order valence-electron chi connectivity index (χ3n) is 18.2. The minimum absolute atomic E-state index is 0.0425. The highest BCUT2D eigenvalue weighted by Gasteiger charge is 2.57. The number of para-hydroxylation sites is 2. The van der Waals surface area contributed by atoms with E-state index in [9.17, 15) is 17.6 Å². The number of aromatic nitrogens is 2. The molecule has 0 saturated carbocycles. The number of pyridine rings is 2. The lowest BCUT2D eigenvalue weighted by molar-refractivity contribution is -0.984. The van der Waals surface area contributed by atoms with Crippen LogP contribution in [0.25, 0.3) is 32.9 Å². The molecule has 6 aliphatic rings. The van der Waals surface area contributed by atoms with Gasteiger partial charge in [0.1, 0.15) is 37.4 Å². The zero-order valence-corrected chi connectivity index (χ0v) is 45.4. The van der Waals surface area contributed by atoms with Gasteiger partial charge in [0, 0.05) is 71.1 Å². The summed E-state index contributed by atoms with van der Waals surface area (Å²) in [6.45, 7) is 11.3. The molecule has 6 fully saturated rings. The van der Waals surface area contributed by atoms with Crippen molar-refractivity contribution in [2.45, 2.75) is 63.1 Å². The first-order valence-corrected chi connectivity index (χ1v) is 28.3. The fourth-order valence-electron chi connectivity index (χ4n) is 14.2. The Hall–Kier alpha value is -7.84. The summed E-state index contributed by atoms with van der Waals surface area (Å²) in [5, 5.41) is 1.93. The van der Waals surface area contributed by atoms with E-state index in [1.807, 2.05) is 84.9 Å². The molecule has 2 aromatic heterocycles. The molecular weight excluding hydrogens is 1040 g/mol. The van der Waals surface area contributed by atoms with Gasteiger partial charge < -0.3 is 18.4 Å². The molecule has 6 nitrogen and oxygen atoms in total. The lowest BCUT2D eigenvalue weighted by Gasteiger charge is -2.58. The molecule has 414 valence electrons. The molecule has 14 rings (SSSR count). The van der Waals surface area contributed by atoms with Gasteiger partial charge in [-0.25, -0.2) is 26.3 Å². The summed E-state index contributed by atoms with van der Waals surface area (Å²) in [5.74, 6) is 6.86. The number of nitrogens with zero attached hydrogens (tertiary/aromatic N) is 4. The maximum absolute atomic E-state index is 15.7. The first kappa shape index (κ1) is 54.7. The zero-order valence-electron chi connectivity index (χ0n) is 45.4. The first-order chi connectivity index (χ1) is 39.9. The smallest absolute Gasteiger partial charge is 0.194 e. The molecule has 0 spiro atoms. The van der Waals surface area contributed by atoms with E-state index in [2.05, 4.69) is 71.1 Å². The van der Waals surface area contributed by atoms with Gasteiger partial charge >= 0.3 is 0 Å². The number of fused-ring (bicyclic) bond motifs is 8. The predicted octanol–water partition coefficient (Wildman–Crippen LogP) is 14.7. The number of rotatable bonds is 15. The molecule has 4 bridgehead atoms. The van der Waals surface area contributed by atoms with Gasteiger partial charge in [-0.1, -0.05) is 96.5 Å². The van der Waals surface area contributed by atoms with Crippen LogP contribution in [-0.4, -0.2) is 70.4 Å². The highest BCUT2D eigenvalue weighted by atomic mass is 19.2. The van der Waals surface area contributed by atoms with Crippen molar-refractivity contribution in [1.29, 1.82) is 0 Å². The van der Waals surface area contributed by atoms with Crippen LogP contribution in [0.15, 0.2) is 171 Å². The molecule has 12 heteroatoms. The number of hydrogen-bond donors (Lipinski definition) is 0. The van der Waals surface area contributed by atoms with Crippen molar-refractivity contribution in [1.82, 2.24) is 9.97 Å². The van der Waals surface area contributed by atoms with Crippen molar-refractivity contribution in [3.05, 3.63) is 239 Å². The van der Waals surface area contributed by atoms with E-state index in [0.717, 1.165) is 93.0 Å². The summed E-state index contributed by atoms with van der Waals surface area (Å²) < 4.78 is 104. The van der Waals surface area contributed by atoms with Gasteiger partial charge in [-0.2, -0.15) is 0 Å². The van der Waals surface area contributed by atoms with Crippen molar-refractivity contribution < 1.29 is 44.8 Å². The van der Waals surface area contributed by atoms with Crippen LogP contribution in [0.2, 0.25) is 0 Å².